The van der Waals surface area contributed by atoms with Crippen LogP contribution in [0.1, 0.15) is 43.4 Å². The molecule has 2 aromatic carbocycles. The number of rotatable bonds is 11. The van der Waals surface area contributed by atoms with Gasteiger partial charge in [-0.05, 0) is 61.6 Å². The third-order valence-electron chi connectivity index (χ3n) is 5.80. The topological polar surface area (TPSA) is 130 Å². The molecular formula is C25H35NO8. The zero-order valence-electron chi connectivity index (χ0n) is 19.9. The van der Waals surface area contributed by atoms with Crippen LogP contribution in [-0.2, 0) is 11.2 Å². The molecule has 34 heavy (non-hydrogen) atoms. The maximum Gasteiger partial charge on any atom is 0.200 e. The van der Waals surface area contributed by atoms with E-state index in [0.717, 1.165) is 11.1 Å². The summed E-state index contributed by atoms with van der Waals surface area (Å²) in [5.74, 6) is 0.903. The number of aromatic hydroxyl groups is 2. The van der Waals surface area contributed by atoms with E-state index in [9.17, 15) is 20.4 Å². The molecule has 4 atom stereocenters. The summed E-state index contributed by atoms with van der Waals surface area (Å²) in [5, 5.41) is 43.0. The van der Waals surface area contributed by atoms with Gasteiger partial charge in [0, 0.05) is 13.0 Å². The number of benzene rings is 2. The number of methoxy groups -OCH3 is 2. The lowest BCUT2D eigenvalue weighted by Crippen LogP contribution is -2.31. The lowest BCUT2D eigenvalue weighted by Gasteiger charge is -2.34. The summed E-state index contributed by atoms with van der Waals surface area (Å²) in [4.78, 5) is 0. The van der Waals surface area contributed by atoms with Crippen molar-refractivity contribution in [3.63, 3.8) is 0 Å². The predicted molar refractivity (Wildman–Crippen MR) is 126 cm³/mol. The van der Waals surface area contributed by atoms with E-state index < -0.39 is 12.2 Å². The zero-order chi connectivity index (χ0) is 24.7. The number of phenols is 2. The van der Waals surface area contributed by atoms with Crippen LogP contribution in [0.4, 0.5) is 0 Å². The van der Waals surface area contributed by atoms with Crippen LogP contribution in [-0.4, -0.2) is 66.2 Å². The van der Waals surface area contributed by atoms with E-state index in [4.69, 9.17) is 18.9 Å². The van der Waals surface area contributed by atoms with E-state index in [1.807, 2.05) is 6.07 Å². The molecule has 0 amide bonds. The van der Waals surface area contributed by atoms with Gasteiger partial charge in [0.2, 0.25) is 5.75 Å². The largest absolute Gasteiger partial charge is 0.504 e. The fraction of sp³-hybridized carbons (Fsp3) is 0.520. The second-order valence-corrected chi connectivity index (χ2v) is 8.58. The summed E-state index contributed by atoms with van der Waals surface area (Å²) < 4.78 is 22.4. The normalized spacial score (nSPS) is 21.1. The van der Waals surface area contributed by atoms with Crippen molar-refractivity contribution in [2.45, 2.75) is 57.0 Å². The molecule has 3 rings (SSSR count). The van der Waals surface area contributed by atoms with Crippen molar-refractivity contribution in [1.82, 2.24) is 5.32 Å². The third-order valence-corrected chi connectivity index (χ3v) is 5.80. The van der Waals surface area contributed by atoms with Crippen molar-refractivity contribution in [2.75, 3.05) is 27.5 Å². The van der Waals surface area contributed by atoms with Crippen LogP contribution < -0.4 is 19.5 Å². The van der Waals surface area contributed by atoms with Gasteiger partial charge >= 0.3 is 0 Å². The maximum absolute atomic E-state index is 10.5. The minimum Gasteiger partial charge on any atom is -0.504 e. The van der Waals surface area contributed by atoms with Gasteiger partial charge in [-0.2, -0.15) is 0 Å². The summed E-state index contributed by atoms with van der Waals surface area (Å²) in [6, 6.07) is 8.61. The summed E-state index contributed by atoms with van der Waals surface area (Å²) in [6.07, 6.45) is 0.753. The van der Waals surface area contributed by atoms with Gasteiger partial charge in [0.05, 0.1) is 38.6 Å². The molecule has 1 saturated heterocycles. The van der Waals surface area contributed by atoms with Crippen LogP contribution in [0.2, 0.25) is 0 Å². The standard InChI is InChI=1S/C25H35NO8/c1-15(27)13-26-14-33-22-8-16(5-7-20(22)29)4-6-19-11-18(28)12-21(34-19)17-9-23(31-2)25(30)24(10-17)32-3/h5,7-10,15,18-19,21,26-30H,4,6,11-14H2,1-3H3/t15-,18-,19-,21-/m0/s1. The number of phenolic OH excluding ortho intramolecular Hbond substituents is 2. The predicted octanol–water partition coefficient (Wildman–Crippen LogP) is 2.64. The van der Waals surface area contributed by atoms with E-state index in [2.05, 4.69) is 5.32 Å². The van der Waals surface area contributed by atoms with Crippen LogP contribution in [0.25, 0.3) is 0 Å². The van der Waals surface area contributed by atoms with Gasteiger partial charge < -0.3 is 39.4 Å². The Hall–Kier alpha value is -2.72. The summed E-state index contributed by atoms with van der Waals surface area (Å²) in [7, 11) is 2.94. The Kier molecular flexibility index (Phi) is 9.23. The molecule has 1 aliphatic heterocycles. The highest BCUT2D eigenvalue weighted by Gasteiger charge is 2.30. The number of hydrogen-bond acceptors (Lipinski definition) is 9. The van der Waals surface area contributed by atoms with E-state index in [1.165, 1.54) is 14.2 Å². The number of aliphatic hydroxyl groups excluding tert-OH is 2. The smallest absolute Gasteiger partial charge is 0.200 e. The molecule has 1 aliphatic rings. The Morgan fingerprint density at radius 2 is 1.76 bits per heavy atom. The molecule has 0 spiro atoms. The van der Waals surface area contributed by atoms with Gasteiger partial charge in [-0.15, -0.1) is 0 Å². The Balaban J connectivity index is 1.63. The van der Waals surface area contributed by atoms with Crippen molar-refractivity contribution >= 4 is 0 Å². The van der Waals surface area contributed by atoms with Gasteiger partial charge in [0.15, 0.2) is 23.0 Å². The first kappa shape index (κ1) is 25.9. The molecule has 0 saturated carbocycles. The molecule has 0 bridgehead atoms. The maximum atomic E-state index is 10.5. The van der Waals surface area contributed by atoms with Crippen LogP contribution in [0.3, 0.4) is 0 Å². The molecule has 0 aromatic heterocycles. The summed E-state index contributed by atoms with van der Waals surface area (Å²) >= 11 is 0. The van der Waals surface area contributed by atoms with Gasteiger partial charge in [-0.3, -0.25) is 5.32 Å². The van der Waals surface area contributed by atoms with Crippen molar-refractivity contribution in [2.24, 2.45) is 0 Å². The zero-order valence-corrected chi connectivity index (χ0v) is 19.9. The summed E-state index contributed by atoms with van der Waals surface area (Å²) in [6.45, 7) is 2.23. The Morgan fingerprint density at radius 3 is 2.41 bits per heavy atom. The number of nitrogens with one attached hydrogen (secondary N) is 1. The first-order chi connectivity index (χ1) is 16.3. The van der Waals surface area contributed by atoms with Crippen LogP contribution in [0, 0.1) is 0 Å². The minimum absolute atomic E-state index is 0.0437. The van der Waals surface area contributed by atoms with E-state index in [-0.39, 0.29) is 41.9 Å². The Bertz CT molecular complexity index is 910. The van der Waals surface area contributed by atoms with Crippen molar-refractivity contribution in [3.8, 4) is 28.7 Å². The molecule has 1 heterocycles. The monoisotopic (exact) mass is 477 g/mol. The average molecular weight is 478 g/mol. The van der Waals surface area contributed by atoms with E-state index in [0.29, 0.717) is 38.0 Å². The third kappa shape index (κ3) is 6.89. The molecule has 2 aromatic rings. The SMILES string of the molecule is COc1cc([C@@H]2C[C@@H](O)C[C@H](CCc3ccc(O)c(OCNC[C@H](C)O)c3)O2)cc(OC)c1O. The first-order valence-electron chi connectivity index (χ1n) is 11.4. The molecule has 0 unspecified atom stereocenters. The molecule has 9 heteroatoms. The highest BCUT2D eigenvalue weighted by Crippen LogP contribution is 2.42. The van der Waals surface area contributed by atoms with Gasteiger partial charge in [-0.25, -0.2) is 0 Å². The molecule has 188 valence electrons. The second-order valence-electron chi connectivity index (χ2n) is 8.58. The Morgan fingerprint density at radius 1 is 1.06 bits per heavy atom. The van der Waals surface area contributed by atoms with Crippen LogP contribution >= 0.6 is 0 Å². The number of aryl methyl sites for hydroxylation is 1. The second kappa shape index (κ2) is 12.1. The molecular weight excluding hydrogens is 442 g/mol. The van der Waals surface area contributed by atoms with Crippen molar-refractivity contribution < 1.29 is 39.4 Å². The van der Waals surface area contributed by atoms with E-state index >= 15 is 0 Å². The highest BCUT2D eigenvalue weighted by molar-refractivity contribution is 5.53. The lowest BCUT2D eigenvalue weighted by molar-refractivity contribution is -0.0999. The van der Waals surface area contributed by atoms with Gasteiger partial charge in [-0.1, -0.05) is 6.07 Å². The number of aliphatic hydroxyl groups is 2. The van der Waals surface area contributed by atoms with Crippen molar-refractivity contribution in [1.29, 1.82) is 0 Å². The number of hydrogen-bond donors (Lipinski definition) is 5. The van der Waals surface area contributed by atoms with Gasteiger partial charge in [0.25, 0.3) is 0 Å². The fourth-order valence-electron chi connectivity index (χ4n) is 4.04. The lowest BCUT2D eigenvalue weighted by atomic mass is 9.93. The molecule has 1 fully saturated rings. The fourth-order valence-corrected chi connectivity index (χ4v) is 4.04. The molecule has 5 N–H and O–H groups in total. The molecule has 0 aliphatic carbocycles. The van der Waals surface area contributed by atoms with E-state index in [1.54, 1.807) is 31.2 Å². The molecule has 0 radical (unpaired) electrons. The Labute approximate surface area is 199 Å². The average Bonchev–Trinajstić information content (AvgIpc) is 2.81. The van der Waals surface area contributed by atoms with Crippen molar-refractivity contribution in [3.05, 3.63) is 41.5 Å². The van der Waals surface area contributed by atoms with Crippen LogP contribution in [0.15, 0.2) is 30.3 Å². The summed E-state index contributed by atoms with van der Waals surface area (Å²) in [5.41, 5.74) is 1.73. The quantitative estimate of drug-likeness (QED) is 0.245. The first-order valence-corrected chi connectivity index (χ1v) is 11.4. The minimum atomic E-state index is -0.520. The number of ether oxygens (including phenoxy) is 4. The molecule has 9 nitrogen and oxygen atoms in total. The highest BCUT2D eigenvalue weighted by atomic mass is 16.5. The van der Waals surface area contributed by atoms with Gasteiger partial charge in [0.1, 0.15) is 6.73 Å². The van der Waals surface area contributed by atoms with Crippen LogP contribution in [0.5, 0.6) is 28.7 Å².